The zero-order valence-electron chi connectivity index (χ0n) is 10.6. The number of hydrogen-bond acceptors (Lipinski definition) is 6. The molecular formula is C12H17N5S. The SMILES string of the molecule is CCCNc1nc(C)cc(NCc2cncs2)n1. The van der Waals surface area contributed by atoms with Crippen LogP contribution in [0.1, 0.15) is 23.9 Å². The van der Waals surface area contributed by atoms with Crippen LogP contribution < -0.4 is 10.6 Å². The molecule has 0 fully saturated rings. The molecular weight excluding hydrogens is 246 g/mol. The summed E-state index contributed by atoms with van der Waals surface area (Å²) in [5.74, 6) is 1.53. The normalized spacial score (nSPS) is 10.3. The van der Waals surface area contributed by atoms with Crippen molar-refractivity contribution < 1.29 is 0 Å². The summed E-state index contributed by atoms with van der Waals surface area (Å²) in [5.41, 5.74) is 2.78. The van der Waals surface area contributed by atoms with Crippen molar-refractivity contribution >= 4 is 23.1 Å². The van der Waals surface area contributed by atoms with Gasteiger partial charge in [0.05, 0.1) is 12.1 Å². The van der Waals surface area contributed by atoms with E-state index in [0.29, 0.717) is 5.95 Å². The molecule has 5 nitrogen and oxygen atoms in total. The Hall–Kier alpha value is -1.69. The van der Waals surface area contributed by atoms with Gasteiger partial charge in [0.15, 0.2) is 0 Å². The Balaban J connectivity index is 2.00. The van der Waals surface area contributed by atoms with Gasteiger partial charge in [-0.2, -0.15) is 4.98 Å². The summed E-state index contributed by atoms with van der Waals surface area (Å²) in [6, 6.07) is 1.94. The molecule has 0 unspecified atom stereocenters. The first kappa shape index (κ1) is 12.8. The van der Waals surface area contributed by atoms with E-state index in [1.807, 2.05) is 24.7 Å². The molecule has 96 valence electrons. The highest BCUT2D eigenvalue weighted by Gasteiger charge is 2.02. The lowest BCUT2D eigenvalue weighted by molar-refractivity contribution is 0.944. The van der Waals surface area contributed by atoms with Crippen LogP contribution in [0.4, 0.5) is 11.8 Å². The van der Waals surface area contributed by atoms with Crippen molar-refractivity contribution in [1.29, 1.82) is 0 Å². The highest BCUT2D eigenvalue weighted by atomic mass is 32.1. The van der Waals surface area contributed by atoms with Crippen molar-refractivity contribution in [3.63, 3.8) is 0 Å². The van der Waals surface area contributed by atoms with Crippen LogP contribution in [0, 0.1) is 6.92 Å². The minimum absolute atomic E-state index is 0.684. The van der Waals surface area contributed by atoms with Crippen molar-refractivity contribution in [3.05, 3.63) is 28.3 Å². The first-order valence-electron chi connectivity index (χ1n) is 5.98. The molecule has 0 spiro atoms. The lowest BCUT2D eigenvalue weighted by Gasteiger charge is -2.08. The Morgan fingerprint density at radius 3 is 2.89 bits per heavy atom. The van der Waals surface area contributed by atoms with E-state index in [2.05, 4.69) is 32.5 Å². The largest absolute Gasteiger partial charge is 0.365 e. The Morgan fingerprint density at radius 1 is 1.28 bits per heavy atom. The van der Waals surface area contributed by atoms with Gasteiger partial charge in [0.2, 0.25) is 5.95 Å². The number of aromatic nitrogens is 3. The fourth-order valence-corrected chi connectivity index (χ4v) is 2.02. The van der Waals surface area contributed by atoms with E-state index in [1.165, 1.54) is 4.88 Å². The second-order valence-corrected chi connectivity index (χ2v) is 4.94. The number of rotatable bonds is 6. The molecule has 6 heteroatoms. The summed E-state index contributed by atoms with van der Waals surface area (Å²) in [6.45, 7) is 5.72. The number of nitrogens with one attached hydrogen (secondary N) is 2. The van der Waals surface area contributed by atoms with Crippen LogP contribution in [-0.4, -0.2) is 21.5 Å². The molecule has 18 heavy (non-hydrogen) atoms. The summed E-state index contributed by atoms with van der Waals surface area (Å²) in [5, 5.41) is 6.48. The van der Waals surface area contributed by atoms with Crippen LogP contribution in [0.25, 0.3) is 0 Å². The van der Waals surface area contributed by atoms with Crippen molar-refractivity contribution in [1.82, 2.24) is 15.0 Å². The maximum atomic E-state index is 4.42. The van der Waals surface area contributed by atoms with Gasteiger partial charge in [-0.05, 0) is 13.3 Å². The lowest BCUT2D eigenvalue weighted by atomic mass is 10.4. The Kier molecular flexibility index (Phi) is 4.46. The number of aryl methyl sites for hydroxylation is 1. The van der Waals surface area contributed by atoms with Crippen LogP contribution in [0.5, 0.6) is 0 Å². The van der Waals surface area contributed by atoms with Gasteiger partial charge in [0.25, 0.3) is 0 Å². The highest BCUT2D eigenvalue weighted by molar-refractivity contribution is 7.09. The Morgan fingerprint density at radius 2 is 2.17 bits per heavy atom. The van der Waals surface area contributed by atoms with Crippen molar-refractivity contribution in [2.45, 2.75) is 26.8 Å². The van der Waals surface area contributed by atoms with Crippen LogP contribution in [-0.2, 0) is 6.54 Å². The Labute approximate surface area is 111 Å². The molecule has 0 aliphatic heterocycles. The molecule has 0 aliphatic rings. The van der Waals surface area contributed by atoms with Gasteiger partial charge in [-0.25, -0.2) is 4.98 Å². The van der Waals surface area contributed by atoms with Crippen LogP contribution in [0.2, 0.25) is 0 Å². The van der Waals surface area contributed by atoms with Crippen molar-refractivity contribution in [2.75, 3.05) is 17.2 Å². The molecule has 0 saturated heterocycles. The molecule has 2 rings (SSSR count). The molecule has 2 N–H and O–H groups in total. The predicted molar refractivity (Wildman–Crippen MR) is 75.0 cm³/mol. The van der Waals surface area contributed by atoms with Gasteiger partial charge in [-0.15, -0.1) is 11.3 Å². The van der Waals surface area contributed by atoms with Crippen molar-refractivity contribution in [3.8, 4) is 0 Å². The summed E-state index contributed by atoms with van der Waals surface area (Å²) in [6.07, 6.45) is 2.92. The number of anilines is 2. The minimum Gasteiger partial charge on any atom is -0.365 e. The maximum Gasteiger partial charge on any atom is 0.224 e. The van der Waals surface area contributed by atoms with E-state index in [-0.39, 0.29) is 0 Å². The van der Waals surface area contributed by atoms with E-state index in [1.54, 1.807) is 11.3 Å². The number of thiazole rings is 1. The van der Waals surface area contributed by atoms with E-state index in [0.717, 1.165) is 31.0 Å². The van der Waals surface area contributed by atoms with Gasteiger partial charge in [-0.3, -0.25) is 4.98 Å². The molecule has 2 heterocycles. The second-order valence-electron chi connectivity index (χ2n) is 3.97. The summed E-state index contributed by atoms with van der Waals surface area (Å²) in [4.78, 5) is 14.0. The summed E-state index contributed by atoms with van der Waals surface area (Å²) in [7, 11) is 0. The highest BCUT2D eigenvalue weighted by Crippen LogP contribution is 2.12. The van der Waals surface area contributed by atoms with Crippen LogP contribution >= 0.6 is 11.3 Å². The third-order valence-electron chi connectivity index (χ3n) is 2.31. The maximum absolute atomic E-state index is 4.42. The molecule has 0 aliphatic carbocycles. The monoisotopic (exact) mass is 263 g/mol. The van der Waals surface area contributed by atoms with E-state index < -0.39 is 0 Å². The molecule has 2 aromatic rings. The predicted octanol–water partition coefficient (Wildman–Crippen LogP) is 2.68. The Bertz CT molecular complexity index is 483. The zero-order valence-corrected chi connectivity index (χ0v) is 11.4. The average molecular weight is 263 g/mol. The fourth-order valence-electron chi connectivity index (χ4n) is 1.48. The molecule has 2 aromatic heterocycles. The third kappa shape index (κ3) is 3.66. The van der Waals surface area contributed by atoms with Crippen LogP contribution in [0.15, 0.2) is 17.8 Å². The fraction of sp³-hybridized carbons (Fsp3) is 0.417. The number of nitrogens with zero attached hydrogens (tertiary/aromatic N) is 3. The summed E-state index contributed by atoms with van der Waals surface area (Å²) < 4.78 is 0. The molecule has 0 aromatic carbocycles. The van der Waals surface area contributed by atoms with Gasteiger partial charge in [-0.1, -0.05) is 6.92 Å². The average Bonchev–Trinajstić information content (AvgIpc) is 2.86. The van der Waals surface area contributed by atoms with Gasteiger partial charge >= 0.3 is 0 Å². The zero-order chi connectivity index (χ0) is 12.8. The van der Waals surface area contributed by atoms with Gasteiger partial charge < -0.3 is 10.6 Å². The summed E-state index contributed by atoms with van der Waals surface area (Å²) >= 11 is 1.63. The van der Waals surface area contributed by atoms with Gasteiger partial charge in [0, 0.05) is 29.4 Å². The number of hydrogen-bond donors (Lipinski definition) is 2. The second kappa shape index (κ2) is 6.30. The smallest absolute Gasteiger partial charge is 0.224 e. The molecule has 0 radical (unpaired) electrons. The van der Waals surface area contributed by atoms with E-state index in [9.17, 15) is 0 Å². The molecule has 0 atom stereocenters. The van der Waals surface area contributed by atoms with Gasteiger partial charge in [0.1, 0.15) is 5.82 Å². The van der Waals surface area contributed by atoms with Crippen molar-refractivity contribution in [2.24, 2.45) is 0 Å². The molecule has 0 amide bonds. The third-order valence-corrected chi connectivity index (χ3v) is 3.09. The van der Waals surface area contributed by atoms with Crippen LogP contribution in [0.3, 0.4) is 0 Å². The first-order chi connectivity index (χ1) is 8.78. The molecule has 0 saturated carbocycles. The minimum atomic E-state index is 0.684. The standard InChI is InChI=1S/C12H17N5S/c1-3-4-14-12-16-9(2)5-11(17-12)15-7-10-6-13-8-18-10/h5-6,8H,3-4,7H2,1-2H3,(H2,14,15,16,17). The topological polar surface area (TPSA) is 62.7 Å². The molecule has 0 bridgehead atoms. The quantitative estimate of drug-likeness (QED) is 0.839. The lowest BCUT2D eigenvalue weighted by Crippen LogP contribution is -2.08. The first-order valence-corrected chi connectivity index (χ1v) is 6.86. The van der Waals surface area contributed by atoms with E-state index >= 15 is 0 Å². The van der Waals surface area contributed by atoms with E-state index in [4.69, 9.17) is 0 Å².